The standard InChI is InChI=1S/C49H32N2/c1-3-12-34(13-4-1)48-41-19-7-8-20-42(41)49(35-14-5-2-6-15-35)44-31-38(24-27-43(44)48)37-17-11-16-36(30-37)33-22-25-39(26-23-33)51-46-21-10-9-18-40(46)45-32-50-29-28-47(45)51/h1-32H. The number of aromatic nitrogens is 2. The van der Waals surface area contributed by atoms with E-state index in [0.717, 1.165) is 11.2 Å². The summed E-state index contributed by atoms with van der Waals surface area (Å²) in [4.78, 5) is 4.41. The van der Waals surface area contributed by atoms with Crippen LogP contribution in [-0.4, -0.2) is 9.55 Å². The fourth-order valence-electron chi connectivity index (χ4n) is 7.96. The number of para-hydroxylation sites is 1. The monoisotopic (exact) mass is 648 g/mol. The molecule has 0 amide bonds. The van der Waals surface area contributed by atoms with E-state index in [1.807, 2.05) is 12.4 Å². The Morgan fingerprint density at radius 1 is 0.314 bits per heavy atom. The molecule has 10 rings (SSSR count). The lowest BCUT2D eigenvalue weighted by molar-refractivity contribution is 1.17. The summed E-state index contributed by atoms with van der Waals surface area (Å²) in [6.45, 7) is 0. The number of rotatable bonds is 5. The van der Waals surface area contributed by atoms with Gasteiger partial charge in [0.15, 0.2) is 0 Å². The lowest BCUT2D eigenvalue weighted by atomic mass is 9.85. The molecule has 0 N–H and O–H groups in total. The first kappa shape index (κ1) is 29.2. The first-order chi connectivity index (χ1) is 25.3. The number of benzene rings is 8. The predicted octanol–water partition coefficient (Wildman–Crippen LogP) is 13.2. The van der Waals surface area contributed by atoms with Gasteiger partial charge in [-0.1, -0.05) is 146 Å². The summed E-state index contributed by atoms with van der Waals surface area (Å²) in [6, 6.07) is 66.1. The second kappa shape index (κ2) is 12.0. The van der Waals surface area contributed by atoms with Crippen molar-refractivity contribution in [2.75, 3.05) is 0 Å². The van der Waals surface area contributed by atoms with E-state index in [1.165, 1.54) is 82.3 Å². The van der Waals surface area contributed by atoms with Crippen molar-refractivity contribution in [1.29, 1.82) is 0 Å². The van der Waals surface area contributed by atoms with Crippen molar-refractivity contribution < 1.29 is 0 Å². The second-order valence-electron chi connectivity index (χ2n) is 13.2. The molecule has 0 aliphatic carbocycles. The van der Waals surface area contributed by atoms with E-state index in [0.29, 0.717) is 0 Å². The summed E-state index contributed by atoms with van der Waals surface area (Å²) in [5.41, 5.74) is 13.3. The van der Waals surface area contributed by atoms with Crippen LogP contribution in [0.2, 0.25) is 0 Å². The minimum atomic E-state index is 1.14. The van der Waals surface area contributed by atoms with Crippen molar-refractivity contribution in [3.8, 4) is 50.2 Å². The van der Waals surface area contributed by atoms with Gasteiger partial charge in [-0.25, -0.2) is 0 Å². The Morgan fingerprint density at radius 2 is 0.824 bits per heavy atom. The van der Waals surface area contributed by atoms with Gasteiger partial charge >= 0.3 is 0 Å². The van der Waals surface area contributed by atoms with Gasteiger partial charge in [0.25, 0.3) is 0 Å². The van der Waals surface area contributed by atoms with Crippen LogP contribution in [0.5, 0.6) is 0 Å². The van der Waals surface area contributed by atoms with Gasteiger partial charge in [-0.05, 0) is 102 Å². The van der Waals surface area contributed by atoms with Crippen molar-refractivity contribution >= 4 is 43.4 Å². The minimum Gasteiger partial charge on any atom is -0.309 e. The highest BCUT2D eigenvalue weighted by molar-refractivity contribution is 6.22. The molecule has 2 heterocycles. The average Bonchev–Trinajstić information content (AvgIpc) is 3.55. The maximum atomic E-state index is 4.41. The molecule has 51 heavy (non-hydrogen) atoms. The Morgan fingerprint density at radius 3 is 1.53 bits per heavy atom. The van der Waals surface area contributed by atoms with E-state index in [9.17, 15) is 0 Å². The molecule has 0 aliphatic rings. The predicted molar refractivity (Wildman–Crippen MR) is 215 cm³/mol. The van der Waals surface area contributed by atoms with Crippen LogP contribution in [0.15, 0.2) is 194 Å². The molecule has 0 unspecified atom stereocenters. The number of fused-ring (bicyclic) bond motifs is 5. The summed E-state index contributed by atoms with van der Waals surface area (Å²) in [6.07, 6.45) is 3.84. The van der Waals surface area contributed by atoms with Gasteiger partial charge in [-0.2, -0.15) is 0 Å². The summed E-state index contributed by atoms with van der Waals surface area (Å²) < 4.78 is 2.33. The van der Waals surface area contributed by atoms with E-state index < -0.39 is 0 Å². The van der Waals surface area contributed by atoms with Crippen LogP contribution >= 0.6 is 0 Å². The summed E-state index contributed by atoms with van der Waals surface area (Å²) in [5.74, 6) is 0. The van der Waals surface area contributed by atoms with Gasteiger partial charge in [0, 0.05) is 28.9 Å². The Kier molecular flexibility index (Phi) is 6.85. The molecule has 0 atom stereocenters. The molecule has 0 spiro atoms. The van der Waals surface area contributed by atoms with Crippen molar-refractivity contribution in [2.24, 2.45) is 0 Å². The van der Waals surface area contributed by atoms with Crippen LogP contribution in [0.1, 0.15) is 0 Å². The molecule has 0 bridgehead atoms. The van der Waals surface area contributed by atoms with Gasteiger partial charge in [-0.15, -0.1) is 0 Å². The topological polar surface area (TPSA) is 17.8 Å². The van der Waals surface area contributed by atoms with E-state index in [-0.39, 0.29) is 0 Å². The Hall–Kier alpha value is -6.77. The maximum Gasteiger partial charge on any atom is 0.0571 e. The third-order valence-corrected chi connectivity index (χ3v) is 10.3. The third-order valence-electron chi connectivity index (χ3n) is 10.3. The molecular formula is C49H32N2. The van der Waals surface area contributed by atoms with Crippen molar-refractivity contribution in [3.63, 3.8) is 0 Å². The lowest BCUT2D eigenvalue weighted by Gasteiger charge is -2.19. The first-order valence-corrected chi connectivity index (χ1v) is 17.5. The normalized spacial score (nSPS) is 11.5. The van der Waals surface area contributed by atoms with E-state index in [4.69, 9.17) is 0 Å². The van der Waals surface area contributed by atoms with Crippen LogP contribution < -0.4 is 0 Å². The summed E-state index contributed by atoms with van der Waals surface area (Å²) in [5, 5.41) is 7.43. The molecule has 238 valence electrons. The Balaban J connectivity index is 1.11. The number of hydrogen-bond donors (Lipinski definition) is 0. The SMILES string of the molecule is c1ccc(-c2c3ccccc3c(-c3ccccc3)c3cc(-c4cccc(-c5ccc(-n6c7ccccc7c7cnccc76)cc5)c4)ccc23)cc1. The van der Waals surface area contributed by atoms with Crippen molar-refractivity contribution in [2.45, 2.75) is 0 Å². The fraction of sp³-hybridized carbons (Fsp3) is 0. The molecule has 2 aromatic heterocycles. The minimum absolute atomic E-state index is 1.14. The molecule has 0 radical (unpaired) electrons. The third kappa shape index (κ3) is 4.84. The smallest absolute Gasteiger partial charge is 0.0571 e. The highest BCUT2D eigenvalue weighted by Crippen LogP contribution is 2.45. The summed E-state index contributed by atoms with van der Waals surface area (Å²) >= 11 is 0. The number of nitrogens with zero attached hydrogens (tertiary/aromatic N) is 2. The molecule has 0 fully saturated rings. The van der Waals surface area contributed by atoms with E-state index >= 15 is 0 Å². The largest absolute Gasteiger partial charge is 0.309 e. The van der Waals surface area contributed by atoms with Crippen LogP contribution in [-0.2, 0) is 0 Å². The maximum absolute atomic E-state index is 4.41. The fourth-order valence-corrected chi connectivity index (χ4v) is 7.96. The van der Waals surface area contributed by atoms with Crippen molar-refractivity contribution in [3.05, 3.63) is 194 Å². The van der Waals surface area contributed by atoms with Crippen LogP contribution in [0.25, 0.3) is 93.5 Å². The van der Waals surface area contributed by atoms with Crippen LogP contribution in [0.4, 0.5) is 0 Å². The van der Waals surface area contributed by atoms with Crippen molar-refractivity contribution in [1.82, 2.24) is 9.55 Å². The van der Waals surface area contributed by atoms with Gasteiger partial charge in [0.05, 0.1) is 11.0 Å². The summed E-state index contributed by atoms with van der Waals surface area (Å²) in [7, 11) is 0. The Bertz CT molecular complexity index is 2830. The molecule has 2 heteroatoms. The zero-order valence-corrected chi connectivity index (χ0v) is 27.9. The zero-order chi connectivity index (χ0) is 33.7. The highest BCUT2D eigenvalue weighted by atomic mass is 15.0. The molecule has 0 saturated carbocycles. The molecule has 0 aliphatic heterocycles. The highest BCUT2D eigenvalue weighted by Gasteiger charge is 2.18. The van der Waals surface area contributed by atoms with Gasteiger partial charge in [-0.3, -0.25) is 4.98 Å². The molecule has 2 nitrogen and oxygen atoms in total. The van der Waals surface area contributed by atoms with Crippen LogP contribution in [0.3, 0.4) is 0 Å². The average molecular weight is 649 g/mol. The first-order valence-electron chi connectivity index (χ1n) is 17.5. The van der Waals surface area contributed by atoms with Crippen LogP contribution in [0, 0.1) is 0 Å². The second-order valence-corrected chi connectivity index (χ2v) is 13.2. The lowest BCUT2D eigenvalue weighted by Crippen LogP contribution is -1.93. The quantitative estimate of drug-likeness (QED) is 0.170. The zero-order valence-electron chi connectivity index (χ0n) is 27.9. The Labute approximate surface area is 296 Å². The van der Waals surface area contributed by atoms with Gasteiger partial charge < -0.3 is 4.57 Å². The molecular weight excluding hydrogens is 617 g/mol. The molecule has 0 saturated heterocycles. The van der Waals surface area contributed by atoms with Gasteiger partial charge in [0.1, 0.15) is 0 Å². The van der Waals surface area contributed by atoms with E-state index in [2.05, 4.69) is 192 Å². The number of hydrogen-bond acceptors (Lipinski definition) is 1. The van der Waals surface area contributed by atoms with Gasteiger partial charge in [0.2, 0.25) is 0 Å². The van der Waals surface area contributed by atoms with E-state index in [1.54, 1.807) is 0 Å². The molecule has 8 aromatic carbocycles. The number of pyridine rings is 1. The molecule has 10 aromatic rings.